The van der Waals surface area contributed by atoms with Crippen LogP contribution in [0.5, 0.6) is 0 Å². The molecule has 56 heavy (non-hydrogen) atoms. The van der Waals surface area contributed by atoms with Crippen molar-refractivity contribution < 1.29 is 4.79 Å². The second kappa shape index (κ2) is 22.8. The number of hydrogen-bond donors (Lipinski definition) is 5. The molecule has 0 aliphatic rings. The molecule has 0 aliphatic carbocycles. The largest absolute Gasteiger partial charge is 0.378 e. The molecule has 9 nitrogen and oxygen atoms in total. The number of thiocarbonyl (C=S) groups is 1. The van der Waals surface area contributed by atoms with E-state index >= 15 is 0 Å². The molecule has 6 aromatic carbocycles. The van der Waals surface area contributed by atoms with Gasteiger partial charge in [-0.2, -0.15) is 0 Å². The Kier molecular flexibility index (Phi) is 17.2. The van der Waals surface area contributed by atoms with Crippen molar-refractivity contribution in [3.8, 4) is 0 Å². The number of urea groups is 1. The van der Waals surface area contributed by atoms with Gasteiger partial charge in [-0.05, 0) is 108 Å². The number of nitrogens with zero attached hydrogens (tertiary/aromatic N) is 3. The Balaban J connectivity index is 0.000000187. The van der Waals surface area contributed by atoms with Gasteiger partial charge in [0.05, 0.1) is 0 Å². The molecule has 5 N–H and O–H groups in total. The molecule has 0 fully saturated rings. The molecule has 10 heteroatoms. The van der Waals surface area contributed by atoms with E-state index in [9.17, 15) is 4.79 Å². The van der Waals surface area contributed by atoms with Crippen LogP contribution < -0.4 is 41.3 Å². The third kappa shape index (κ3) is 15.5. The molecule has 0 saturated heterocycles. The number of rotatable bonds is 11. The first kappa shape index (κ1) is 42.4. The van der Waals surface area contributed by atoms with Crippen LogP contribution in [-0.2, 0) is 13.1 Å². The standard InChI is InChI=1S/C16H20N2.C15H17N3O.C15H17N3S/c1-18(2)16-10-8-15(9-11-16)13-17-12-14-6-4-3-5-7-14;2*1-18(2)14-10-8-13(9-11-14)17-15(19)16-12-6-4-3-5-7-12/h3-11,17H,12-13H2,1-2H3;2*3-11H,1-2H3,(H2,16,17,19). The van der Waals surface area contributed by atoms with E-state index in [1.807, 2.05) is 148 Å². The Morgan fingerprint density at radius 1 is 0.411 bits per heavy atom. The Bertz CT molecular complexity index is 1900. The molecule has 0 radical (unpaired) electrons. The monoisotopic (exact) mass is 766 g/mol. The minimum atomic E-state index is -0.246. The van der Waals surface area contributed by atoms with E-state index in [2.05, 4.69) is 99.0 Å². The zero-order valence-electron chi connectivity index (χ0n) is 33.2. The molecule has 0 saturated carbocycles. The number of anilines is 7. The van der Waals surface area contributed by atoms with Crippen LogP contribution in [-0.4, -0.2) is 53.4 Å². The topological polar surface area (TPSA) is 86.9 Å². The van der Waals surface area contributed by atoms with E-state index in [-0.39, 0.29) is 6.03 Å². The molecule has 0 aromatic heterocycles. The van der Waals surface area contributed by atoms with Crippen LogP contribution in [0.25, 0.3) is 0 Å². The molecule has 2 amide bonds. The van der Waals surface area contributed by atoms with Crippen molar-refractivity contribution in [1.82, 2.24) is 5.32 Å². The lowest BCUT2D eigenvalue weighted by Crippen LogP contribution is -2.19. The van der Waals surface area contributed by atoms with E-state index < -0.39 is 0 Å². The number of para-hydroxylation sites is 2. The van der Waals surface area contributed by atoms with Gasteiger partial charge in [-0.1, -0.05) is 78.9 Å². The van der Waals surface area contributed by atoms with E-state index in [0.717, 1.165) is 47.2 Å². The predicted octanol–water partition coefficient (Wildman–Crippen LogP) is 10.0. The molecule has 0 aliphatic heterocycles. The second-order valence-electron chi connectivity index (χ2n) is 13.4. The summed E-state index contributed by atoms with van der Waals surface area (Å²) < 4.78 is 0. The van der Waals surface area contributed by atoms with Gasteiger partial charge in [0, 0.05) is 95.2 Å². The SMILES string of the molecule is CN(C)c1ccc(CNCc2ccccc2)cc1.CN(C)c1ccc(NC(=O)Nc2ccccc2)cc1.CN(C)c1ccc(NC(=S)Nc2ccccc2)cc1. The summed E-state index contributed by atoms with van der Waals surface area (Å²) in [7, 11) is 12.1. The molecule has 0 bridgehead atoms. The number of carbonyl (C=O) groups is 1. The Morgan fingerprint density at radius 3 is 1.11 bits per heavy atom. The lowest BCUT2D eigenvalue weighted by atomic mass is 10.2. The fourth-order valence-electron chi connectivity index (χ4n) is 5.17. The predicted molar refractivity (Wildman–Crippen MR) is 245 cm³/mol. The maximum absolute atomic E-state index is 11.8. The Hall–Kier alpha value is -6.36. The van der Waals surface area contributed by atoms with Crippen LogP contribution in [0.3, 0.4) is 0 Å². The van der Waals surface area contributed by atoms with Crippen molar-refractivity contribution in [2.45, 2.75) is 13.1 Å². The summed E-state index contributed by atoms with van der Waals surface area (Å²) in [6, 6.07) is 53.9. The number of nitrogens with one attached hydrogen (secondary N) is 5. The zero-order chi connectivity index (χ0) is 40.1. The maximum atomic E-state index is 11.8. The highest BCUT2D eigenvalue weighted by atomic mass is 32.1. The average Bonchev–Trinajstić information content (AvgIpc) is 3.20. The first-order chi connectivity index (χ1) is 27.0. The van der Waals surface area contributed by atoms with Gasteiger partial charge in [0.25, 0.3) is 0 Å². The average molecular weight is 767 g/mol. The van der Waals surface area contributed by atoms with Gasteiger partial charge in [-0.3, -0.25) is 0 Å². The van der Waals surface area contributed by atoms with Gasteiger partial charge in [-0.15, -0.1) is 0 Å². The van der Waals surface area contributed by atoms with Crippen LogP contribution in [0.4, 0.5) is 44.6 Å². The molecule has 6 rings (SSSR count). The first-order valence-corrected chi connectivity index (χ1v) is 18.8. The van der Waals surface area contributed by atoms with Crippen LogP contribution >= 0.6 is 12.2 Å². The van der Waals surface area contributed by atoms with E-state index in [1.54, 1.807) is 0 Å². The van der Waals surface area contributed by atoms with Crippen LogP contribution in [0.2, 0.25) is 0 Å². The fourth-order valence-corrected chi connectivity index (χ4v) is 5.41. The fraction of sp³-hybridized carbons (Fsp3) is 0.174. The molecule has 0 atom stereocenters. The molecule has 0 heterocycles. The molecule has 290 valence electrons. The lowest BCUT2D eigenvalue weighted by Gasteiger charge is -2.14. The summed E-state index contributed by atoms with van der Waals surface area (Å²) in [5.74, 6) is 0. The minimum Gasteiger partial charge on any atom is -0.378 e. The highest BCUT2D eigenvalue weighted by molar-refractivity contribution is 7.80. The number of benzene rings is 6. The normalized spacial score (nSPS) is 9.96. The summed E-state index contributed by atoms with van der Waals surface area (Å²) in [6.07, 6.45) is 0. The van der Waals surface area contributed by atoms with Crippen LogP contribution in [0.1, 0.15) is 11.1 Å². The maximum Gasteiger partial charge on any atom is 0.323 e. The molecular formula is C46H54N8OS. The van der Waals surface area contributed by atoms with Gasteiger partial charge in [0.1, 0.15) is 0 Å². The van der Waals surface area contributed by atoms with E-state index in [1.165, 1.54) is 16.8 Å². The van der Waals surface area contributed by atoms with Crippen molar-refractivity contribution in [1.29, 1.82) is 0 Å². The summed E-state index contributed by atoms with van der Waals surface area (Å²) in [6.45, 7) is 1.82. The summed E-state index contributed by atoms with van der Waals surface area (Å²) >= 11 is 5.27. The number of carbonyl (C=O) groups excluding carboxylic acids is 1. The van der Waals surface area contributed by atoms with Gasteiger partial charge in [0.15, 0.2) is 5.11 Å². The van der Waals surface area contributed by atoms with Crippen molar-refractivity contribution in [2.75, 3.05) is 78.3 Å². The third-order valence-corrected chi connectivity index (χ3v) is 8.50. The minimum absolute atomic E-state index is 0.246. The van der Waals surface area contributed by atoms with Crippen LogP contribution in [0.15, 0.2) is 164 Å². The summed E-state index contributed by atoms with van der Waals surface area (Å²) in [4.78, 5) is 17.9. The number of amides is 2. The molecule has 0 unspecified atom stereocenters. The highest BCUT2D eigenvalue weighted by Crippen LogP contribution is 2.18. The van der Waals surface area contributed by atoms with Gasteiger partial charge in [0.2, 0.25) is 0 Å². The molecule has 0 spiro atoms. The van der Waals surface area contributed by atoms with Gasteiger partial charge >= 0.3 is 6.03 Å². The van der Waals surface area contributed by atoms with Gasteiger partial charge in [-0.25, -0.2) is 4.79 Å². The first-order valence-electron chi connectivity index (χ1n) is 18.4. The van der Waals surface area contributed by atoms with Crippen molar-refractivity contribution in [2.24, 2.45) is 0 Å². The van der Waals surface area contributed by atoms with Gasteiger partial charge < -0.3 is 41.3 Å². The Morgan fingerprint density at radius 2 is 0.714 bits per heavy atom. The second-order valence-corrected chi connectivity index (χ2v) is 13.8. The Labute approximate surface area is 338 Å². The number of hydrogen-bond acceptors (Lipinski definition) is 6. The van der Waals surface area contributed by atoms with Crippen molar-refractivity contribution in [3.63, 3.8) is 0 Å². The summed E-state index contributed by atoms with van der Waals surface area (Å²) in [5.41, 5.74) is 9.61. The highest BCUT2D eigenvalue weighted by Gasteiger charge is 2.03. The summed E-state index contributed by atoms with van der Waals surface area (Å²) in [5, 5.41) is 15.9. The van der Waals surface area contributed by atoms with Crippen molar-refractivity contribution in [3.05, 3.63) is 175 Å². The smallest absolute Gasteiger partial charge is 0.323 e. The quantitative estimate of drug-likeness (QED) is 0.0834. The lowest BCUT2D eigenvalue weighted by molar-refractivity contribution is 0.262. The molecular weight excluding hydrogens is 713 g/mol. The zero-order valence-corrected chi connectivity index (χ0v) is 34.0. The van der Waals surface area contributed by atoms with E-state index in [0.29, 0.717) is 5.11 Å². The van der Waals surface area contributed by atoms with Crippen LogP contribution in [0, 0.1) is 0 Å². The third-order valence-electron chi connectivity index (χ3n) is 8.30. The molecule has 6 aromatic rings. The van der Waals surface area contributed by atoms with Crippen molar-refractivity contribution >= 4 is 63.2 Å². The van der Waals surface area contributed by atoms with E-state index in [4.69, 9.17) is 12.2 Å².